The third-order valence-electron chi connectivity index (χ3n) is 3.66. The SMILES string of the molecule is COc1cc(F)c2[nH]c(=O)n(C3CCNCC3)c2c1. The van der Waals surface area contributed by atoms with Crippen molar-refractivity contribution in [2.45, 2.75) is 18.9 Å². The summed E-state index contributed by atoms with van der Waals surface area (Å²) in [5, 5.41) is 3.25. The molecule has 1 aromatic carbocycles. The van der Waals surface area contributed by atoms with E-state index >= 15 is 0 Å². The first-order valence-corrected chi connectivity index (χ1v) is 6.39. The van der Waals surface area contributed by atoms with Gasteiger partial charge in [0, 0.05) is 18.2 Å². The Labute approximate surface area is 109 Å². The van der Waals surface area contributed by atoms with Gasteiger partial charge in [0.1, 0.15) is 11.3 Å². The van der Waals surface area contributed by atoms with E-state index in [1.807, 2.05) is 0 Å². The molecule has 2 N–H and O–H groups in total. The van der Waals surface area contributed by atoms with Crippen LogP contribution in [-0.2, 0) is 0 Å². The van der Waals surface area contributed by atoms with Gasteiger partial charge in [-0.05, 0) is 25.9 Å². The van der Waals surface area contributed by atoms with Gasteiger partial charge in [0.15, 0.2) is 5.82 Å². The van der Waals surface area contributed by atoms with E-state index in [9.17, 15) is 9.18 Å². The fraction of sp³-hybridized carbons (Fsp3) is 0.462. The number of imidazole rings is 1. The molecule has 2 heterocycles. The van der Waals surface area contributed by atoms with E-state index in [-0.39, 0.29) is 17.2 Å². The van der Waals surface area contributed by atoms with Crippen molar-refractivity contribution >= 4 is 11.0 Å². The van der Waals surface area contributed by atoms with Crippen molar-refractivity contribution in [3.8, 4) is 5.75 Å². The minimum absolute atomic E-state index is 0.106. The molecule has 0 atom stereocenters. The number of hydrogen-bond acceptors (Lipinski definition) is 3. The first kappa shape index (κ1) is 12.2. The molecule has 1 aliphatic heterocycles. The maximum Gasteiger partial charge on any atom is 0.326 e. The number of methoxy groups -OCH3 is 1. The average molecular weight is 265 g/mol. The Balaban J connectivity index is 2.19. The molecule has 0 amide bonds. The topological polar surface area (TPSA) is 59.1 Å². The van der Waals surface area contributed by atoms with Crippen molar-refractivity contribution < 1.29 is 9.13 Å². The van der Waals surface area contributed by atoms with E-state index in [2.05, 4.69) is 10.3 Å². The lowest BCUT2D eigenvalue weighted by molar-refractivity contribution is 0.368. The quantitative estimate of drug-likeness (QED) is 0.863. The number of aromatic nitrogens is 2. The average Bonchev–Trinajstić information content (AvgIpc) is 2.76. The summed E-state index contributed by atoms with van der Waals surface area (Å²) in [5.41, 5.74) is 0.576. The number of fused-ring (bicyclic) bond motifs is 1. The summed E-state index contributed by atoms with van der Waals surface area (Å²) < 4.78 is 20.6. The van der Waals surface area contributed by atoms with Crippen LogP contribution in [0.3, 0.4) is 0 Å². The monoisotopic (exact) mass is 265 g/mol. The third kappa shape index (κ3) is 2.02. The second-order valence-electron chi connectivity index (χ2n) is 4.78. The van der Waals surface area contributed by atoms with E-state index in [4.69, 9.17) is 4.74 Å². The molecule has 102 valence electrons. The van der Waals surface area contributed by atoms with Crippen molar-refractivity contribution in [3.63, 3.8) is 0 Å². The highest BCUT2D eigenvalue weighted by Gasteiger charge is 2.21. The van der Waals surface area contributed by atoms with Gasteiger partial charge in [-0.3, -0.25) is 4.57 Å². The van der Waals surface area contributed by atoms with Crippen LogP contribution < -0.4 is 15.7 Å². The smallest absolute Gasteiger partial charge is 0.326 e. The highest BCUT2D eigenvalue weighted by Crippen LogP contribution is 2.26. The molecule has 19 heavy (non-hydrogen) atoms. The van der Waals surface area contributed by atoms with Crippen molar-refractivity contribution in [1.29, 1.82) is 0 Å². The molecule has 6 heteroatoms. The van der Waals surface area contributed by atoms with Crippen molar-refractivity contribution in [3.05, 3.63) is 28.4 Å². The van der Waals surface area contributed by atoms with E-state index in [0.29, 0.717) is 11.3 Å². The summed E-state index contributed by atoms with van der Waals surface area (Å²) in [5.74, 6) is -0.0363. The summed E-state index contributed by atoms with van der Waals surface area (Å²) in [4.78, 5) is 14.7. The molecule has 0 saturated carbocycles. The number of nitrogens with one attached hydrogen (secondary N) is 2. The molecule has 1 aromatic heterocycles. The molecule has 0 bridgehead atoms. The summed E-state index contributed by atoms with van der Waals surface area (Å²) in [6.07, 6.45) is 1.73. The van der Waals surface area contributed by atoms with Gasteiger partial charge in [-0.1, -0.05) is 0 Å². The molecular weight excluding hydrogens is 249 g/mol. The predicted octanol–water partition coefficient (Wildman–Crippen LogP) is 1.40. The fourth-order valence-electron chi connectivity index (χ4n) is 2.70. The summed E-state index contributed by atoms with van der Waals surface area (Å²) in [6, 6.07) is 3.10. The Hall–Kier alpha value is -1.82. The maximum absolute atomic E-state index is 13.9. The molecule has 3 rings (SSSR count). The van der Waals surface area contributed by atoms with Gasteiger partial charge in [0.05, 0.1) is 12.6 Å². The van der Waals surface area contributed by atoms with Crippen molar-refractivity contribution in [2.75, 3.05) is 20.2 Å². The molecule has 1 saturated heterocycles. The number of ether oxygens (including phenoxy) is 1. The predicted molar refractivity (Wildman–Crippen MR) is 70.2 cm³/mol. The standard InChI is InChI=1S/C13H16FN3O2/c1-19-9-6-10(14)12-11(7-9)17(13(18)16-12)8-2-4-15-5-3-8/h6-8,15H,2-5H2,1H3,(H,16,18). The first-order valence-electron chi connectivity index (χ1n) is 6.39. The normalized spacial score (nSPS) is 16.9. The zero-order chi connectivity index (χ0) is 13.4. The van der Waals surface area contributed by atoms with Crippen LogP contribution in [-0.4, -0.2) is 29.8 Å². The number of piperidine rings is 1. The van der Waals surface area contributed by atoms with Gasteiger partial charge in [-0.2, -0.15) is 0 Å². The van der Waals surface area contributed by atoms with Crippen LogP contribution in [0, 0.1) is 5.82 Å². The number of H-pyrrole nitrogens is 1. The number of benzene rings is 1. The lowest BCUT2D eigenvalue weighted by Crippen LogP contribution is -2.33. The van der Waals surface area contributed by atoms with E-state index in [0.717, 1.165) is 25.9 Å². The number of hydrogen-bond donors (Lipinski definition) is 2. The largest absolute Gasteiger partial charge is 0.497 e. The Morgan fingerprint density at radius 1 is 1.37 bits per heavy atom. The number of nitrogens with zero attached hydrogens (tertiary/aromatic N) is 1. The second-order valence-corrected chi connectivity index (χ2v) is 4.78. The van der Waals surface area contributed by atoms with E-state index in [1.54, 1.807) is 10.6 Å². The van der Waals surface area contributed by atoms with Crippen LogP contribution in [0.15, 0.2) is 16.9 Å². The maximum atomic E-state index is 13.9. The van der Waals surface area contributed by atoms with Crippen molar-refractivity contribution in [1.82, 2.24) is 14.9 Å². The first-order chi connectivity index (χ1) is 9.20. The third-order valence-corrected chi connectivity index (χ3v) is 3.66. The van der Waals surface area contributed by atoms with Gasteiger partial charge in [0.25, 0.3) is 0 Å². The van der Waals surface area contributed by atoms with Gasteiger partial charge in [-0.25, -0.2) is 9.18 Å². The van der Waals surface area contributed by atoms with Crippen LogP contribution in [0.5, 0.6) is 5.75 Å². The molecule has 1 fully saturated rings. The van der Waals surface area contributed by atoms with E-state index < -0.39 is 5.82 Å². The Bertz CT molecular complexity index is 656. The van der Waals surface area contributed by atoms with Crippen molar-refractivity contribution in [2.24, 2.45) is 0 Å². The van der Waals surface area contributed by atoms with Gasteiger partial charge >= 0.3 is 5.69 Å². The van der Waals surface area contributed by atoms with Crippen LogP contribution in [0.1, 0.15) is 18.9 Å². The molecule has 1 aliphatic rings. The number of rotatable bonds is 2. The Morgan fingerprint density at radius 2 is 2.11 bits per heavy atom. The summed E-state index contributed by atoms with van der Waals surface area (Å²) in [6.45, 7) is 1.74. The summed E-state index contributed by atoms with van der Waals surface area (Å²) in [7, 11) is 1.49. The summed E-state index contributed by atoms with van der Waals surface area (Å²) >= 11 is 0. The zero-order valence-corrected chi connectivity index (χ0v) is 10.7. The molecule has 0 spiro atoms. The Kier molecular flexibility index (Phi) is 3.02. The van der Waals surface area contributed by atoms with Crippen LogP contribution in [0.25, 0.3) is 11.0 Å². The lowest BCUT2D eigenvalue weighted by atomic mass is 10.1. The van der Waals surface area contributed by atoms with Crippen LogP contribution in [0.4, 0.5) is 4.39 Å². The van der Waals surface area contributed by atoms with E-state index in [1.165, 1.54) is 13.2 Å². The molecular formula is C13H16FN3O2. The molecule has 0 unspecified atom stereocenters. The highest BCUT2D eigenvalue weighted by molar-refractivity contribution is 5.78. The fourth-order valence-corrected chi connectivity index (χ4v) is 2.70. The molecule has 2 aromatic rings. The van der Waals surface area contributed by atoms with Gasteiger partial charge < -0.3 is 15.0 Å². The highest BCUT2D eigenvalue weighted by atomic mass is 19.1. The van der Waals surface area contributed by atoms with Crippen LogP contribution in [0.2, 0.25) is 0 Å². The zero-order valence-electron chi connectivity index (χ0n) is 10.7. The minimum atomic E-state index is -0.459. The number of halogens is 1. The second kappa shape index (κ2) is 4.70. The molecule has 0 aliphatic carbocycles. The number of aromatic amines is 1. The minimum Gasteiger partial charge on any atom is -0.497 e. The van der Waals surface area contributed by atoms with Gasteiger partial charge in [0.2, 0.25) is 0 Å². The molecule has 5 nitrogen and oxygen atoms in total. The van der Waals surface area contributed by atoms with Crippen LogP contribution >= 0.6 is 0 Å². The lowest BCUT2D eigenvalue weighted by Gasteiger charge is -2.23. The van der Waals surface area contributed by atoms with Gasteiger partial charge in [-0.15, -0.1) is 0 Å². The Morgan fingerprint density at radius 3 is 2.79 bits per heavy atom. The molecule has 0 radical (unpaired) electrons.